The summed E-state index contributed by atoms with van der Waals surface area (Å²) < 4.78 is 5.07. The van der Waals surface area contributed by atoms with E-state index in [-0.39, 0.29) is 11.7 Å². The number of hydrogen-bond donors (Lipinski definition) is 3. The third-order valence-electron chi connectivity index (χ3n) is 3.61. The number of carbonyl (C=O) groups excluding carboxylic acids is 2. The molecule has 0 saturated heterocycles. The quantitative estimate of drug-likeness (QED) is 0.603. The molecular weight excluding hydrogens is 340 g/mol. The number of nitrogens with one attached hydrogen (secondary N) is 3. The first kappa shape index (κ1) is 17.1. The highest BCUT2D eigenvalue weighted by atomic mass is 32.2. The number of rotatable bonds is 7. The number of furan rings is 1. The number of carbonyl (C=O) groups is 2. The molecule has 0 aliphatic carbocycles. The van der Waals surface area contributed by atoms with E-state index >= 15 is 0 Å². The van der Waals surface area contributed by atoms with Crippen LogP contribution in [0.4, 0.5) is 5.95 Å². The zero-order valence-corrected chi connectivity index (χ0v) is 14.4. The predicted octanol–water partition coefficient (Wildman–Crippen LogP) is 2.65. The summed E-state index contributed by atoms with van der Waals surface area (Å²) in [5.41, 5.74) is 1.59. The fourth-order valence-corrected chi connectivity index (χ4v) is 2.83. The largest absolute Gasteiger partial charge is 0.459 e. The zero-order valence-electron chi connectivity index (χ0n) is 13.6. The van der Waals surface area contributed by atoms with Crippen LogP contribution < -0.4 is 10.6 Å². The molecule has 2 amide bonds. The first-order chi connectivity index (χ1) is 12.2. The number of H-pyrrole nitrogens is 1. The topological polar surface area (TPSA) is 100 Å². The number of hydrogen-bond acceptors (Lipinski definition) is 5. The Kier molecular flexibility index (Phi) is 5.39. The molecule has 7 nitrogen and oxygen atoms in total. The van der Waals surface area contributed by atoms with E-state index in [0.29, 0.717) is 12.4 Å². The van der Waals surface area contributed by atoms with Crippen molar-refractivity contribution < 1.29 is 14.0 Å². The van der Waals surface area contributed by atoms with Crippen LogP contribution in [-0.4, -0.2) is 39.8 Å². The molecule has 25 heavy (non-hydrogen) atoms. The van der Waals surface area contributed by atoms with E-state index in [1.54, 1.807) is 23.9 Å². The summed E-state index contributed by atoms with van der Waals surface area (Å²) in [4.78, 5) is 32.1. The van der Waals surface area contributed by atoms with Gasteiger partial charge in [0.15, 0.2) is 5.76 Å². The van der Waals surface area contributed by atoms with Crippen LogP contribution in [0.25, 0.3) is 11.0 Å². The van der Waals surface area contributed by atoms with Crippen molar-refractivity contribution in [2.75, 3.05) is 17.3 Å². The van der Waals surface area contributed by atoms with E-state index in [1.807, 2.05) is 30.5 Å². The number of amides is 2. The summed E-state index contributed by atoms with van der Waals surface area (Å²) in [5, 5.41) is 5.44. The molecule has 0 aliphatic heterocycles. The number of aromatic nitrogens is 2. The number of para-hydroxylation sites is 2. The second-order valence-corrected chi connectivity index (χ2v) is 6.36. The van der Waals surface area contributed by atoms with Crippen molar-refractivity contribution in [2.45, 2.75) is 12.5 Å². The maximum absolute atomic E-state index is 12.6. The van der Waals surface area contributed by atoms with Gasteiger partial charge in [-0.25, -0.2) is 4.98 Å². The van der Waals surface area contributed by atoms with Gasteiger partial charge in [-0.15, -0.1) is 0 Å². The molecule has 1 atom stereocenters. The standard InChI is InChI=1S/C17H18N4O3S/c1-25-10-8-13(18-16(23)14-7-4-9-24-14)15(22)21-17-19-11-5-2-3-6-12(11)20-17/h2-7,9,13H,8,10H2,1H3,(H,18,23)(H2,19,20,21,22)/t13-/m0/s1. The minimum atomic E-state index is -0.682. The molecule has 3 rings (SSSR count). The Morgan fingerprint density at radius 1 is 1.28 bits per heavy atom. The highest BCUT2D eigenvalue weighted by Crippen LogP contribution is 2.14. The van der Waals surface area contributed by atoms with Gasteiger partial charge in [0.25, 0.3) is 5.91 Å². The van der Waals surface area contributed by atoms with E-state index in [4.69, 9.17) is 4.42 Å². The lowest BCUT2D eigenvalue weighted by Crippen LogP contribution is -2.44. The summed E-state index contributed by atoms with van der Waals surface area (Å²) in [6, 6.07) is 9.99. The number of nitrogens with zero attached hydrogens (tertiary/aromatic N) is 1. The number of aromatic amines is 1. The molecule has 0 aliphatic rings. The Balaban J connectivity index is 1.70. The second-order valence-electron chi connectivity index (χ2n) is 5.38. The van der Waals surface area contributed by atoms with Crippen molar-refractivity contribution in [3.8, 4) is 0 Å². The average molecular weight is 358 g/mol. The van der Waals surface area contributed by atoms with Gasteiger partial charge in [-0.05, 0) is 42.7 Å². The molecule has 0 bridgehead atoms. The molecule has 0 radical (unpaired) electrons. The first-order valence-electron chi connectivity index (χ1n) is 7.76. The molecule has 3 N–H and O–H groups in total. The Hall–Kier alpha value is -2.74. The van der Waals surface area contributed by atoms with Crippen LogP contribution in [0.15, 0.2) is 47.1 Å². The number of benzene rings is 1. The monoisotopic (exact) mass is 358 g/mol. The molecule has 0 saturated carbocycles. The summed E-state index contributed by atoms with van der Waals surface area (Å²) in [7, 11) is 0. The molecule has 0 spiro atoms. The fraction of sp³-hybridized carbons (Fsp3) is 0.235. The molecule has 1 aromatic carbocycles. The number of imidazole rings is 1. The highest BCUT2D eigenvalue weighted by molar-refractivity contribution is 7.98. The average Bonchev–Trinajstić information content (AvgIpc) is 3.27. The fourth-order valence-electron chi connectivity index (χ4n) is 2.36. The molecule has 130 valence electrons. The van der Waals surface area contributed by atoms with Crippen LogP contribution in [0.2, 0.25) is 0 Å². The van der Waals surface area contributed by atoms with Crippen molar-refractivity contribution in [3.05, 3.63) is 48.4 Å². The van der Waals surface area contributed by atoms with Crippen LogP contribution in [-0.2, 0) is 4.79 Å². The number of anilines is 1. The van der Waals surface area contributed by atoms with Gasteiger partial charge in [0.05, 0.1) is 17.3 Å². The van der Waals surface area contributed by atoms with Gasteiger partial charge in [-0.2, -0.15) is 11.8 Å². The molecule has 0 fully saturated rings. The van der Waals surface area contributed by atoms with Gasteiger partial charge in [-0.1, -0.05) is 12.1 Å². The van der Waals surface area contributed by atoms with E-state index < -0.39 is 11.9 Å². The molecule has 2 heterocycles. The van der Waals surface area contributed by atoms with Crippen LogP contribution in [0.1, 0.15) is 17.0 Å². The number of fused-ring (bicyclic) bond motifs is 1. The van der Waals surface area contributed by atoms with Gasteiger partial charge in [-0.3, -0.25) is 14.9 Å². The Morgan fingerprint density at radius 2 is 2.12 bits per heavy atom. The molecular formula is C17H18N4O3S. The highest BCUT2D eigenvalue weighted by Gasteiger charge is 2.23. The molecule has 2 aromatic heterocycles. The van der Waals surface area contributed by atoms with Gasteiger partial charge >= 0.3 is 0 Å². The van der Waals surface area contributed by atoms with Crippen LogP contribution >= 0.6 is 11.8 Å². The Bertz CT molecular complexity index is 827. The summed E-state index contributed by atoms with van der Waals surface area (Å²) in [6.45, 7) is 0. The second kappa shape index (κ2) is 7.89. The van der Waals surface area contributed by atoms with Crippen LogP contribution in [0.3, 0.4) is 0 Å². The maximum Gasteiger partial charge on any atom is 0.287 e. The summed E-state index contributed by atoms with van der Waals surface area (Å²) in [5.74, 6) is 0.513. The van der Waals surface area contributed by atoms with Gasteiger partial charge < -0.3 is 14.7 Å². The van der Waals surface area contributed by atoms with E-state index in [9.17, 15) is 9.59 Å². The smallest absolute Gasteiger partial charge is 0.287 e. The van der Waals surface area contributed by atoms with E-state index in [0.717, 1.165) is 16.8 Å². The van der Waals surface area contributed by atoms with Crippen molar-refractivity contribution in [1.82, 2.24) is 15.3 Å². The lowest BCUT2D eigenvalue weighted by molar-refractivity contribution is -0.118. The SMILES string of the molecule is CSCC[C@H](NC(=O)c1ccco1)C(=O)Nc1nc2ccccc2[nH]1. The minimum absolute atomic E-state index is 0.172. The van der Waals surface area contributed by atoms with Crippen LogP contribution in [0, 0.1) is 0 Å². The third-order valence-corrected chi connectivity index (χ3v) is 4.25. The maximum atomic E-state index is 12.6. The Labute approximate surface area is 148 Å². The van der Waals surface area contributed by atoms with E-state index in [1.165, 1.54) is 6.26 Å². The van der Waals surface area contributed by atoms with E-state index in [2.05, 4.69) is 20.6 Å². The molecule has 8 heteroatoms. The molecule has 3 aromatic rings. The normalized spacial score (nSPS) is 12.0. The molecule has 0 unspecified atom stereocenters. The van der Waals surface area contributed by atoms with Crippen molar-refractivity contribution >= 4 is 40.6 Å². The van der Waals surface area contributed by atoms with Crippen molar-refractivity contribution in [3.63, 3.8) is 0 Å². The third kappa shape index (κ3) is 4.21. The van der Waals surface area contributed by atoms with Crippen molar-refractivity contribution in [2.24, 2.45) is 0 Å². The lowest BCUT2D eigenvalue weighted by Gasteiger charge is -2.16. The summed E-state index contributed by atoms with van der Waals surface area (Å²) >= 11 is 1.60. The number of thioether (sulfide) groups is 1. The zero-order chi connectivity index (χ0) is 17.6. The minimum Gasteiger partial charge on any atom is -0.459 e. The van der Waals surface area contributed by atoms with Gasteiger partial charge in [0.2, 0.25) is 11.9 Å². The van der Waals surface area contributed by atoms with Gasteiger partial charge in [0, 0.05) is 0 Å². The summed E-state index contributed by atoms with van der Waals surface area (Å²) in [6.07, 6.45) is 3.86. The predicted molar refractivity (Wildman–Crippen MR) is 97.7 cm³/mol. The van der Waals surface area contributed by atoms with Crippen molar-refractivity contribution in [1.29, 1.82) is 0 Å². The Morgan fingerprint density at radius 3 is 2.84 bits per heavy atom. The first-order valence-corrected chi connectivity index (χ1v) is 9.15. The van der Waals surface area contributed by atoms with Gasteiger partial charge in [0.1, 0.15) is 6.04 Å². The van der Waals surface area contributed by atoms with Crippen LogP contribution in [0.5, 0.6) is 0 Å². The lowest BCUT2D eigenvalue weighted by atomic mass is 10.2.